The molecule has 1 unspecified atom stereocenters. The highest BCUT2D eigenvalue weighted by atomic mass is 14.6. The van der Waals surface area contributed by atoms with Crippen LogP contribution in [0.1, 0.15) is 32.6 Å². The van der Waals surface area contributed by atoms with Crippen LogP contribution in [0.25, 0.3) is 0 Å². The summed E-state index contributed by atoms with van der Waals surface area (Å²) in [6.45, 7) is 3.35. The highest BCUT2D eigenvalue weighted by molar-refractivity contribution is 4.98. The molecule has 1 nitrogen and oxygen atoms in total. The second-order valence-electron chi connectivity index (χ2n) is 4.43. The first kappa shape index (κ1) is 6.66. The zero-order chi connectivity index (χ0) is 7.19. The maximum absolute atomic E-state index is 5.71. The smallest absolute Gasteiger partial charge is 0.00436 e. The summed E-state index contributed by atoms with van der Waals surface area (Å²) in [5.41, 5.74) is 6.36. The van der Waals surface area contributed by atoms with Crippen LogP contribution in [-0.4, -0.2) is 6.54 Å². The Balaban J connectivity index is 2.14. The topological polar surface area (TPSA) is 26.0 Å². The van der Waals surface area contributed by atoms with Gasteiger partial charge in [-0.15, -0.1) is 0 Å². The number of fused-ring (bicyclic) bond motifs is 2. The van der Waals surface area contributed by atoms with Crippen molar-refractivity contribution in [3.63, 3.8) is 0 Å². The van der Waals surface area contributed by atoms with Gasteiger partial charge < -0.3 is 5.73 Å². The van der Waals surface area contributed by atoms with E-state index in [0.29, 0.717) is 5.41 Å². The maximum atomic E-state index is 5.71. The summed E-state index contributed by atoms with van der Waals surface area (Å²) in [6, 6.07) is 0. The largest absolute Gasteiger partial charge is 0.330 e. The summed E-state index contributed by atoms with van der Waals surface area (Å²) in [7, 11) is 0. The standard InChI is InChI=1S/C9H17N/c1-9-3-2-7(5-9)4-8(9)6-10/h7-8H,2-6,10H2,1H3/t7-,8+,9?/m1/s1. The Morgan fingerprint density at radius 3 is 2.70 bits per heavy atom. The van der Waals surface area contributed by atoms with Crippen LogP contribution < -0.4 is 5.73 Å². The van der Waals surface area contributed by atoms with Crippen molar-refractivity contribution in [1.29, 1.82) is 0 Å². The zero-order valence-electron chi connectivity index (χ0n) is 6.77. The lowest BCUT2D eigenvalue weighted by Gasteiger charge is -2.30. The van der Waals surface area contributed by atoms with E-state index in [1.165, 1.54) is 25.7 Å². The minimum atomic E-state index is 0.652. The summed E-state index contributed by atoms with van der Waals surface area (Å²) >= 11 is 0. The Labute approximate surface area is 63.0 Å². The molecule has 2 rings (SSSR count). The molecule has 2 aliphatic carbocycles. The van der Waals surface area contributed by atoms with Gasteiger partial charge in [-0.3, -0.25) is 0 Å². The first-order chi connectivity index (χ1) is 4.74. The molecule has 2 aliphatic rings. The molecule has 0 heterocycles. The molecule has 0 radical (unpaired) electrons. The van der Waals surface area contributed by atoms with Gasteiger partial charge in [0.25, 0.3) is 0 Å². The molecular weight excluding hydrogens is 122 g/mol. The molecule has 0 aromatic heterocycles. The number of rotatable bonds is 1. The van der Waals surface area contributed by atoms with Gasteiger partial charge in [0.2, 0.25) is 0 Å². The maximum Gasteiger partial charge on any atom is -0.00436 e. The first-order valence-electron chi connectivity index (χ1n) is 4.45. The van der Waals surface area contributed by atoms with E-state index in [-0.39, 0.29) is 0 Å². The molecule has 10 heavy (non-hydrogen) atoms. The lowest BCUT2D eigenvalue weighted by Crippen LogP contribution is -2.28. The van der Waals surface area contributed by atoms with Crippen molar-refractivity contribution in [3.05, 3.63) is 0 Å². The van der Waals surface area contributed by atoms with Gasteiger partial charge >= 0.3 is 0 Å². The predicted octanol–water partition coefficient (Wildman–Crippen LogP) is 1.77. The Kier molecular flexibility index (Phi) is 1.31. The average molecular weight is 139 g/mol. The predicted molar refractivity (Wildman–Crippen MR) is 42.6 cm³/mol. The quantitative estimate of drug-likeness (QED) is 0.588. The molecule has 2 fully saturated rings. The van der Waals surface area contributed by atoms with E-state index >= 15 is 0 Å². The van der Waals surface area contributed by atoms with Crippen molar-refractivity contribution < 1.29 is 0 Å². The van der Waals surface area contributed by atoms with Gasteiger partial charge in [-0.1, -0.05) is 6.92 Å². The van der Waals surface area contributed by atoms with E-state index in [1.807, 2.05) is 0 Å². The second kappa shape index (κ2) is 1.97. The molecule has 0 amide bonds. The van der Waals surface area contributed by atoms with Crippen LogP contribution >= 0.6 is 0 Å². The first-order valence-corrected chi connectivity index (χ1v) is 4.45. The van der Waals surface area contributed by atoms with E-state index in [4.69, 9.17) is 5.73 Å². The molecule has 0 saturated heterocycles. The van der Waals surface area contributed by atoms with Gasteiger partial charge in [0.15, 0.2) is 0 Å². The molecule has 1 heteroatoms. The fraction of sp³-hybridized carbons (Fsp3) is 1.00. The van der Waals surface area contributed by atoms with Crippen molar-refractivity contribution >= 4 is 0 Å². The lowest BCUT2D eigenvalue weighted by atomic mass is 9.77. The van der Waals surface area contributed by atoms with Gasteiger partial charge in [0, 0.05) is 0 Å². The van der Waals surface area contributed by atoms with Gasteiger partial charge in [-0.25, -0.2) is 0 Å². The molecule has 0 aromatic carbocycles. The molecule has 58 valence electrons. The number of nitrogens with two attached hydrogens (primary N) is 1. The highest BCUT2D eigenvalue weighted by Crippen LogP contribution is 2.56. The highest BCUT2D eigenvalue weighted by Gasteiger charge is 2.47. The zero-order valence-corrected chi connectivity index (χ0v) is 6.77. The summed E-state index contributed by atoms with van der Waals surface area (Å²) in [5.74, 6) is 1.89. The third-order valence-corrected chi connectivity index (χ3v) is 3.77. The van der Waals surface area contributed by atoms with Crippen LogP contribution in [0.4, 0.5) is 0 Å². The van der Waals surface area contributed by atoms with Crippen LogP contribution in [0, 0.1) is 17.3 Å². The van der Waals surface area contributed by atoms with E-state index in [1.54, 1.807) is 0 Å². The Hall–Kier alpha value is -0.0400. The molecule has 3 atom stereocenters. The van der Waals surface area contributed by atoms with E-state index in [9.17, 15) is 0 Å². The minimum absolute atomic E-state index is 0.652. The van der Waals surface area contributed by atoms with Crippen LogP contribution in [0.15, 0.2) is 0 Å². The normalized spacial score (nSPS) is 52.2. The Morgan fingerprint density at radius 2 is 2.40 bits per heavy atom. The Morgan fingerprint density at radius 1 is 1.60 bits per heavy atom. The van der Waals surface area contributed by atoms with Gasteiger partial charge in [0.1, 0.15) is 0 Å². The molecule has 2 saturated carbocycles. The van der Waals surface area contributed by atoms with Gasteiger partial charge in [-0.2, -0.15) is 0 Å². The molecule has 0 aliphatic heterocycles. The van der Waals surface area contributed by atoms with Crippen molar-refractivity contribution in [1.82, 2.24) is 0 Å². The summed E-state index contributed by atoms with van der Waals surface area (Å²) in [5, 5.41) is 0. The van der Waals surface area contributed by atoms with E-state index in [0.717, 1.165) is 18.4 Å². The molecular formula is C9H17N. The van der Waals surface area contributed by atoms with Crippen LogP contribution in [0.3, 0.4) is 0 Å². The van der Waals surface area contributed by atoms with E-state index in [2.05, 4.69) is 6.92 Å². The molecule has 0 aromatic rings. The summed E-state index contributed by atoms with van der Waals surface area (Å²) in [4.78, 5) is 0. The van der Waals surface area contributed by atoms with Gasteiger partial charge in [-0.05, 0) is 49.5 Å². The molecule has 0 spiro atoms. The van der Waals surface area contributed by atoms with Crippen molar-refractivity contribution in [2.75, 3.05) is 6.54 Å². The monoisotopic (exact) mass is 139 g/mol. The van der Waals surface area contributed by atoms with Crippen LogP contribution in [0.5, 0.6) is 0 Å². The third-order valence-electron chi connectivity index (χ3n) is 3.77. The summed E-state index contributed by atoms with van der Waals surface area (Å²) < 4.78 is 0. The van der Waals surface area contributed by atoms with Crippen LogP contribution in [-0.2, 0) is 0 Å². The van der Waals surface area contributed by atoms with E-state index < -0.39 is 0 Å². The minimum Gasteiger partial charge on any atom is -0.330 e. The number of hydrogen-bond donors (Lipinski definition) is 1. The fourth-order valence-corrected chi connectivity index (χ4v) is 3.04. The fourth-order valence-electron chi connectivity index (χ4n) is 3.04. The Bertz CT molecular complexity index is 144. The third kappa shape index (κ3) is 0.731. The molecule has 2 N–H and O–H groups in total. The summed E-state index contributed by atoms with van der Waals surface area (Å²) in [6.07, 6.45) is 5.81. The lowest BCUT2D eigenvalue weighted by molar-refractivity contribution is 0.217. The number of hydrogen-bond acceptors (Lipinski definition) is 1. The van der Waals surface area contributed by atoms with Crippen molar-refractivity contribution in [2.24, 2.45) is 23.0 Å². The van der Waals surface area contributed by atoms with Crippen LogP contribution in [0.2, 0.25) is 0 Å². The average Bonchev–Trinajstić information content (AvgIpc) is 2.41. The van der Waals surface area contributed by atoms with Crippen molar-refractivity contribution in [2.45, 2.75) is 32.6 Å². The SMILES string of the molecule is CC12CC[C@H](C[C@H]1CN)C2. The second-order valence-corrected chi connectivity index (χ2v) is 4.43. The van der Waals surface area contributed by atoms with Crippen molar-refractivity contribution in [3.8, 4) is 0 Å². The van der Waals surface area contributed by atoms with Gasteiger partial charge in [0.05, 0.1) is 0 Å². The molecule has 2 bridgehead atoms.